The summed E-state index contributed by atoms with van der Waals surface area (Å²) in [6.07, 6.45) is 5.99. The van der Waals surface area contributed by atoms with Crippen molar-refractivity contribution in [2.45, 2.75) is 25.0 Å². The van der Waals surface area contributed by atoms with Gasteiger partial charge in [-0.1, -0.05) is 24.8 Å². The SMILES string of the molecule is CCCSc1nc(NCCOC)c2cnn(CCNC(=O)/C=C\c3ccc(OC)c(OC)c3)c2n1. The molecule has 0 aliphatic rings. The molecule has 35 heavy (non-hydrogen) atoms. The van der Waals surface area contributed by atoms with Crippen molar-refractivity contribution in [3.05, 3.63) is 36.0 Å². The Morgan fingerprint density at radius 3 is 2.71 bits per heavy atom. The van der Waals surface area contributed by atoms with Gasteiger partial charge in [0.15, 0.2) is 22.3 Å². The van der Waals surface area contributed by atoms with Crippen LogP contribution in [-0.2, 0) is 16.1 Å². The summed E-state index contributed by atoms with van der Waals surface area (Å²) in [4.78, 5) is 21.7. The van der Waals surface area contributed by atoms with Gasteiger partial charge in [-0.05, 0) is 30.2 Å². The Kier molecular flexibility index (Phi) is 10.2. The summed E-state index contributed by atoms with van der Waals surface area (Å²) in [5.41, 5.74) is 1.56. The van der Waals surface area contributed by atoms with Gasteiger partial charge in [0, 0.05) is 32.0 Å². The van der Waals surface area contributed by atoms with Crippen molar-refractivity contribution in [3.8, 4) is 11.5 Å². The molecule has 0 atom stereocenters. The molecule has 0 aliphatic heterocycles. The number of nitrogens with one attached hydrogen (secondary N) is 2. The van der Waals surface area contributed by atoms with Crippen LogP contribution in [0.1, 0.15) is 18.9 Å². The van der Waals surface area contributed by atoms with E-state index in [0.29, 0.717) is 42.9 Å². The first kappa shape index (κ1) is 26.3. The number of thioether (sulfide) groups is 1. The van der Waals surface area contributed by atoms with Gasteiger partial charge >= 0.3 is 0 Å². The molecule has 188 valence electrons. The Bertz CT molecular complexity index is 1150. The molecule has 0 radical (unpaired) electrons. The van der Waals surface area contributed by atoms with Crippen molar-refractivity contribution in [3.63, 3.8) is 0 Å². The van der Waals surface area contributed by atoms with Crippen molar-refractivity contribution in [1.29, 1.82) is 0 Å². The zero-order chi connectivity index (χ0) is 25.0. The Morgan fingerprint density at radius 2 is 1.97 bits per heavy atom. The second-order valence-corrected chi connectivity index (χ2v) is 8.53. The van der Waals surface area contributed by atoms with Gasteiger partial charge in [0.1, 0.15) is 5.82 Å². The second kappa shape index (κ2) is 13.5. The minimum absolute atomic E-state index is 0.202. The molecular formula is C24H32N6O4S. The van der Waals surface area contributed by atoms with E-state index < -0.39 is 0 Å². The maximum Gasteiger partial charge on any atom is 0.244 e. The van der Waals surface area contributed by atoms with Gasteiger partial charge in [0.2, 0.25) is 5.91 Å². The van der Waals surface area contributed by atoms with Crippen LogP contribution in [0.2, 0.25) is 0 Å². The van der Waals surface area contributed by atoms with E-state index >= 15 is 0 Å². The summed E-state index contributed by atoms with van der Waals surface area (Å²) < 4.78 is 17.5. The molecule has 0 saturated carbocycles. The number of carbonyl (C=O) groups excluding carboxylic acids is 1. The summed E-state index contributed by atoms with van der Waals surface area (Å²) in [6, 6.07) is 5.46. The van der Waals surface area contributed by atoms with Gasteiger partial charge < -0.3 is 24.8 Å². The molecule has 3 aromatic rings. The zero-order valence-corrected chi connectivity index (χ0v) is 21.4. The normalized spacial score (nSPS) is 11.2. The number of nitrogens with zero attached hydrogens (tertiary/aromatic N) is 4. The maximum absolute atomic E-state index is 12.3. The molecule has 0 bridgehead atoms. The number of amides is 1. The number of aromatic nitrogens is 4. The predicted molar refractivity (Wildman–Crippen MR) is 138 cm³/mol. The lowest BCUT2D eigenvalue weighted by molar-refractivity contribution is -0.116. The maximum atomic E-state index is 12.3. The van der Waals surface area contributed by atoms with E-state index in [4.69, 9.17) is 19.2 Å². The van der Waals surface area contributed by atoms with E-state index in [2.05, 4.69) is 27.6 Å². The summed E-state index contributed by atoms with van der Waals surface area (Å²) in [6.45, 7) is 4.20. The van der Waals surface area contributed by atoms with Crippen molar-refractivity contribution in [1.82, 2.24) is 25.1 Å². The van der Waals surface area contributed by atoms with E-state index in [-0.39, 0.29) is 5.91 Å². The molecule has 2 heterocycles. The van der Waals surface area contributed by atoms with E-state index in [1.807, 2.05) is 12.1 Å². The Hall–Kier alpha value is -3.31. The van der Waals surface area contributed by atoms with Crippen LogP contribution in [0.15, 0.2) is 35.6 Å². The van der Waals surface area contributed by atoms with Crippen LogP contribution >= 0.6 is 11.8 Å². The number of rotatable bonds is 14. The van der Waals surface area contributed by atoms with Gasteiger partial charge in [0.05, 0.1) is 39.0 Å². The van der Waals surface area contributed by atoms with Gasteiger partial charge in [-0.2, -0.15) is 5.10 Å². The van der Waals surface area contributed by atoms with Crippen molar-refractivity contribution in [2.75, 3.05) is 52.1 Å². The summed E-state index contributed by atoms with van der Waals surface area (Å²) in [7, 11) is 4.82. The molecule has 0 saturated heterocycles. The molecule has 1 aromatic carbocycles. The number of methoxy groups -OCH3 is 3. The molecule has 2 N–H and O–H groups in total. The topological polar surface area (TPSA) is 112 Å². The highest BCUT2D eigenvalue weighted by atomic mass is 32.2. The lowest BCUT2D eigenvalue weighted by Gasteiger charge is -2.09. The fourth-order valence-corrected chi connectivity index (χ4v) is 3.93. The minimum atomic E-state index is -0.202. The first-order valence-corrected chi connectivity index (χ1v) is 12.3. The average Bonchev–Trinajstić information content (AvgIpc) is 3.29. The van der Waals surface area contributed by atoms with Gasteiger partial charge in [-0.15, -0.1) is 0 Å². The number of hydrogen-bond acceptors (Lipinski definition) is 9. The monoisotopic (exact) mass is 500 g/mol. The average molecular weight is 501 g/mol. The van der Waals surface area contributed by atoms with Crippen LogP contribution in [0.3, 0.4) is 0 Å². The third-order valence-electron chi connectivity index (χ3n) is 4.97. The quantitative estimate of drug-likeness (QED) is 0.149. The van der Waals surface area contributed by atoms with E-state index in [0.717, 1.165) is 34.6 Å². The molecule has 0 unspecified atom stereocenters. The first-order chi connectivity index (χ1) is 17.1. The van der Waals surface area contributed by atoms with Crippen LogP contribution in [0.5, 0.6) is 11.5 Å². The summed E-state index contributed by atoms with van der Waals surface area (Å²) in [5.74, 6) is 2.71. The third kappa shape index (κ3) is 7.33. The van der Waals surface area contributed by atoms with Crippen LogP contribution < -0.4 is 20.1 Å². The number of hydrogen-bond donors (Lipinski definition) is 2. The Morgan fingerprint density at radius 1 is 1.14 bits per heavy atom. The number of benzene rings is 1. The molecule has 11 heteroatoms. The first-order valence-electron chi connectivity index (χ1n) is 11.4. The van der Waals surface area contributed by atoms with E-state index in [1.165, 1.54) is 6.08 Å². The molecule has 1 amide bonds. The largest absolute Gasteiger partial charge is 0.493 e. The van der Waals surface area contributed by atoms with Crippen molar-refractivity contribution < 1.29 is 19.0 Å². The molecule has 2 aromatic heterocycles. The van der Waals surface area contributed by atoms with Crippen LogP contribution in [0.25, 0.3) is 17.1 Å². The highest BCUT2D eigenvalue weighted by molar-refractivity contribution is 7.99. The molecule has 10 nitrogen and oxygen atoms in total. The fraction of sp³-hybridized carbons (Fsp3) is 0.417. The van der Waals surface area contributed by atoms with Crippen molar-refractivity contribution >= 4 is 40.6 Å². The summed E-state index contributed by atoms with van der Waals surface area (Å²) >= 11 is 1.61. The Balaban J connectivity index is 1.64. The minimum Gasteiger partial charge on any atom is -0.493 e. The molecule has 0 aliphatic carbocycles. The van der Waals surface area contributed by atoms with E-state index in [1.54, 1.807) is 56.1 Å². The number of carbonyl (C=O) groups is 1. The lowest BCUT2D eigenvalue weighted by Crippen LogP contribution is -2.25. The second-order valence-electron chi connectivity index (χ2n) is 7.47. The molecule has 0 fully saturated rings. The van der Waals surface area contributed by atoms with Crippen molar-refractivity contribution in [2.24, 2.45) is 0 Å². The van der Waals surface area contributed by atoms with Gasteiger partial charge in [-0.3, -0.25) is 4.79 Å². The van der Waals surface area contributed by atoms with Crippen LogP contribution in [-0.4, -0.2) is 72.4 Å². The van der Waals surface area contributed by atoms with Gasteiger partial charge in [0.25, 0.3) is 0 Å². The third-order valence-corrected chi connectivity index (χ3v) is 6.02. The smallest absolute Gasteiger partial charge is 0.244 e. The van der Waals surface area contributed by atoms with E-state index in [9.17, 15) is 4.79 Å². The predicted octanol–water partition coefficient (Wildman–Crippen LogP) is 3.23. The zero-order valence-electron chi connectivity index (χ0n) is 20.5. The molecular weight excluding hydrogens is 468 g/mol. The molecule has 0 spiro atoms. The number of anilines is 1. The van der Waals surface area contributed by atoms with Crippen LogP contribution in [0, 0.1) is 0 Å². The molecule has 3 rings (SSSR count). The number of ether oxygens (including phenoxy) is 3. The summed E-state index contributed by atoms with van der Waals surface area (Å²) in [5, 5.41) is 12.2. The highest BCUT2D eigenvalue weighted by Crippen LogP contribution is 2.28. The highest BCUT2D eigenvalue weighted by Gasteiger charge is 2.13. The number of fused-ring (bicyclic) bond motifs is 1. The lowest BCUT2D eigenvalue weighted by atomic mass is 10.2. The Labute approximate surface area is 209 Å². The fourth-order valence-electron chi connectivity index (χ4n) is 3.24. The van der Waals surface area contributed by atoms with Crippen LogP contribution in [0.4, 0.5) is 5.82 Å². The van der Waals surface area contributed by atoms with Gasteiger partial charge in [-0.25, -0.2) is 14.6 Å². The standard InChI is InChI=1S/C24H32N6O4S/c1-5-14-35-24-28-22(26-11-13-32-2)18-16-27-30(23(18)29-24)12-10-25-21(31)9-7-17-6-8-19(33-3)20(15-17)34-4/h6-9,15-16H,5,10-14H2,1-4H3,(H,25,31)(H,26,28,29)/b9-7-.